The van der Waals surface area contributed by atoms with Crippen molar-refractivity contribution < 1.29 is 14.3 Å². The quantitative estimate of drug-likeness (QED) is 0.485. The number of nitrogens with zero attached hydrogens (tertiary/aromatic N) is 4. The predicted octanol–water partition coefficient (Wildman–Crippen LogP) is 3.89. The van der Waals surface area contributed by atoms with Crippen LogP contribution in [0.5, 0.6) is 11.5 Å². The molecular formula is C21H21N5O3S. The van der Waals surface area contributed by atoms with E-state index in [1.54, 1.807) is 4.52 Å². The maximum Gasteiger partial charge on any atom is 0.264 e. The summed E-state index contributed by atoms with van der Waals surface area (Å²) in [5.41, 5.74) is 3.02. The first-order valence-electron chi connectivity index (χ1n) is 9.48. The molecule has 1 N–H and O–H groups in total. The third-order valence-corrected chi connectivity index (χ3v) is 5.04. The Morgan fingerprint density at radius 3 is 2.47 bits per heavy atom. The first-order valence-corrected chi connectivity index (χ1v) is 10.3. The molecule has 30 heavy (non-hydrogen) atoms. The van der Waals surface area contributed by atoms with Crippen molar-refractivity contribution in [2.75, 3.05) is 18.5 Å². The number of hydrogen-bond donors (Lipinski definition) is 1. The van der Waals surface area contributed by atoms with E-state index >= 15 is 0 Å². The summed E-state index contributed by atoms with van der Waals surface area (Å²) in [6.07, 6.45) is 0. The topological polar surface area (TPSA) is 90.6 Å². The maximum atomic E-state index is 12.3. The standard InChI is InChI=1S/C21H21N5O3S/c1-4-28-16-7-5-15(6-8-16)19-23-24-21-26(19)25-20(30-21)22-18(27)12-29-17-10-13(2)9-14(3)11-17/h5-11H,4,12H2,1-3H3,(H,22,25,27). The van der Waals surface area contributed by atoms with Gasteiger partial charge in [-0.3, -0.25) is 10.1 Å². The highest BCUT2D eigenvalue weighted by Gasteiger charge is 2.15. The molecular weight excluding hydrogens is 402 g/mol. The van der Waals surface area contributed by atoms with E-state index in [1.807, 2.05) is 63.2 Å². The monoisotopic (exact) mass is 423 g/mol. The Kier molecular flexibility index (Phi) is 5.62. The van der Waals surface area contributed by atoms with E-state index in [1.165, 1.54) is 11.3 Å². The Bertz CT molecular complexity index is 1160. The highest BCUT2D eigenvalue weighted by molar-refractivity contribution is 7.20. The molecule has 0 aliphatic heterocycles. The lowest BCUT2D eigenvalue weighted by atomic mass is 10.1. The van der Waals surface area contributed by atoms with Gasteiger partial charge in [0.05, 0.1) is 6.61 Å². The van der Waals surface area contributed by atoms with Crippen LogP contribution in [-0.2, 0) is 4.79 Å². The average molecular weight is 423 g/mol. The number of benzene rings is 2. The van der Waals surface area contributed by atoms with Crippen LogP contribution in [-0.4, -0.2) is 38.9 Å². The molecule has 0 saturated heterocycles. The average Bonchev–Trinajstić information content (AvgIpc) is 3.27. The van der Waals surface area contributed by atoms with Gasteiger partial charge < -0.3 is 9.47 Å². The van der Waals surface area contributed by atoms with E-state index in [2.05, 4.69) is 20.6 Å². The van der Waals surface area contributed by atoms with Crippen LogP contribution in [0.1, 0.15) is 18.1 Å². The van der Waals surface area contributed by atoms with Gasteiger partial charge in [0, 0.05) is 5.56 Å². The molecule has 0 atom stereocenters. The molecule has 0 aliphatic carbocycles. The Balaban J connectivity index is 1.44. The van der Waals surface area contributed by atoms with Crippen LogP contribution in [0.3, 0.4) is 0 Å². The number of aryl methyl sites for hydroxylation is 2. The first-order chi connectivity index (χ1) is 14.5. The van der Waals surface area contributed by atoms with E-state index in [0.29, 0.717) is 28.3 Å². The van der Waals surface area contributed by atoms with Crippen molar-refractivity contribution >= 4 is 27.3 Å². The fraction of sp³-hybridized carbons (Fsp3) is 0.238. The molecule has 0 radical (unpaired) electrons. The Morgan fingerprint density at radius 2 is 1.77 bits per heavy atom. The van der Waals surface area contributed by atoms with Crippen LogP contribution in [0.15, 0.2) is 42.5 Å². The number of hydrogen-bond acceptors (Lipinski definition) is 7. The molecule has 2 heterocycles. The van der Waals surface area contributed by atoms with Crippen LogP contribution in [0.2, 0.25) is 0 Å². The summed E-state index contributed by atoms with van der Waals surface area (Å²) in [4.78, 5) is 12.9. The van der Waals surface area contributed by atoms with Gasteiger partial charge in [-0.1, -0.05) is 17.4 Å². The third-order valence-electron chi connectivity index (χ3n) is 4.23. The zero-order chi connectivity index (χ0) is 21.1. The molecule has 0 spiro atoms. The molecule has 0 aliphatic rings. The lowest BCUT2D eigenvalue weighted by Gasteiger charge is -2.07. The van der Waals surface area contributed by atoms with E-state index < -0.39 is 0 Å². The van der Waals surface area contributed by atoms with Crippen LogP contribution < -0.4 is 14.8 Å². The number of nitrogens with one attached hydrogen (secondary N) is 1. The highest BCUT2D eigenvalue weighted by atomic mass is 32.1. The zero-order valence-electron chi connectivity index (χ0n) is 16.9. The largest absolute Gasteiger partial charge is 0.494 e. The number of fused-ring (bicyclic) bond motifs is 1. The Morgan fingerprint density at radius 1 is 1.03 bits per heavy atom. The van der Waals surface area contributed by atoms with Gasteiger partial charge in [-0.25, -0.2) is 0 Å². The number of amides is 1. The minimum Gasteiger partial charge on any atom is -0.494 e. The van der Waals surface area contributed by atoms with Crippen molar-refractivity contribution in [2.45, 2.75) is 20.8 Å². The van der Waals surface area contributed by atoms with Gasteiger partial charge in [0.2, 0.25) is 10.1 Å². The van der Waals surface area contributed by atoms with E-state index in [4.69, 9.17) is 9.47 Å². The molecule has 154 valence electrons. The van der Waals surface area contributed by atoms with Crippen molar-refractivity contribution in [1.29, 1.82) is 0 Å². The molecule has 8 nitrogen and oxygen atoms in total. The van der Waals surface area contributed by atoms with Crippen LogP contribution >= 0.6 is 11.3 Å². The van der Waals surface area contributed by atoms with Gasteiger partial charge >= 0.3 is 0 Å². The highest BCUT2D eigenvalue weighted by Crippen LogP contribution is 2.25. The summed E-state index contributed by atoms with van der Waals surface area (Å²) in [6, 6.07) is 13.4. The molecule has 1 amide bonds. The zero-order valence-corrected chi connectivity index (χ0v) is 17.7. The summed E-state index contributed by atoms with van der Waals surface area (Å²) in [7, 11) is 0. The van der Waals surface area contributed by atoms with Crippen LogP contribution in [0.25, 0.3) is 16.3 Å². The second kappa shape index (κ2) is 8.50. The smallest absolute Gasteiger partial charge is 0.264 e. The molecule has 0 fully saturated rings. The molecule has 4 aromatic rings. The predicted molar refractivity (Wildman–Crippen MR) is 115 cm³/mol. The van der Waals surface area contributed by atoms with Crippen molar-refractivity contribution in [2.24, 2.45) is 0 Å². The van der Waals surface area contributed by atoms with E-state index in [9.17, 15) is 4.79 Å². The number of rotatable bonds is 7. The molecule has 4 rings (SSSR count). The van der Waals surface area contributed by atoms with Crippen LogP contribution in [0, 0.1) is 13.8 Å². The maximum absolute atomic E-state index is 12.3. The van der Waals surface area contributed by atoms with Gasteiger partial charge in [-0.05, 0) is 68.3 Å². The minimum atomic E-state index is -0.290. The van der Waals surface area contributed by atoms with Gasteiger partial charge in [0.25, 0.3) is 5.91 Å². The normalized spacial score (nSPS) is 10.9. The summed E-state index contributed by atoms with van der Waals surface area (Å²) in [5, 5.41) is 16.0. The lowest BCUT2D eigenvalue weighted by molar-refractivity contribution is -0.118. The van der Waals surface area contributed by atoms with E-state index in [-0.39, 0.29) is 12.5 Å². The number of carbonyl (C=O) groups excluding carboxylic acids is 1. The second-order valence-corrected chi connectivity index (χ2v) is 7.70. The number of ether oxygens (including phenoxy) is 2. The Hall–Kier alpha value is -3.46. The van der Waals surface area contributed by atoms with Crippen molar-refractivity contribution in [3.63, 3.8) is 0 Å². The fourth-order valence-corrected chi connectivity index (χ4v) is 3.79. The lowest BCUT2D eigenvalue weighted by Crippen LogP contribution is -2.20. The number of anilines is 1. The number of aromatic nitrogens is 4. The van der Waals surface area contributed by atoms with Crippen molar-refractivity contribution in [1.82, 2.24) is 19.8 Å². The SMILES string of the molecule is CCOc1ccc(-c2nnc3sc(NC(=O)COc4cc(C)cc(C)c4)nn23)cc1. The van der Waals surface area contributed by atoms with Gasteiger partial charge in [-0.2, -0.15) is 4.52 Å². The minimum absolute atomic E-state index is 0.102. The molecule has 0 bridgehead atoms. The second-order valence-electron chi connectivity index (χ2n) is 6.74. The van der Waals surface area contributed by atoms with Gasteiger partial charge in [0.1, 0.15) is 11.5 Å². The molecule has 2 aromatic heterocycles. The summed E-state index contributed by atoms with van der Waals surface area (Å²) in [6.45, 7) is 6.42. The molecule has 0 unspecified atom stereocenters. The van der Waals surface area contributed by atoms with E-state index in [0.717, 1.165) is 22.4 Å². The molecule has 2 aromatic carbocycles. The first kappa shape index (κ1) is 19.8. The van der Waals surface area contributed by atoms with Gasteiger partial charge in [-0.15, -0.1) is 15.3 Å². The van der Waals surface area contributed by atoms with Crippen LogP contribution in [0.4, 0.5) is 5.13 Å². The van der Waals surface area contributed by atoms with Gasteiger partial charge in [0.15, 0.2) is 12.4 Å². The van der Waals surface area contributed by atoms with Crippen molar-refractivity contribution in [3.8, 4) is 22.9 Å². The summed E-state index contributed by atoms with van der Waals surface area (Å²) >= 11 is 1.24. The Labute approximate surface area is 177 Å². The summed E-state index contributed by atoms with van der Waals surface area (Å²) in [5.74, 6) is 1.76. The summed E-state index contributed by atoms with van der Waals surface area (Å²) < 4.78 is 12.7. The molecule has 0 saturated carbocycles. The molecule has 9 heteroatoms. The van der Waals surface area contributed by atoms with Crippen molar-refractivity contribution in [3.05, 3.63) is 53.6 Å². The number of carbonyl (C=O) groups is 1. The third kappa shape index (κ3) is 4.41. The fourth-order valence-electron chi connectivity index (χ4n) is 3.03.